The maximum atomic E-state index is 12.1. The van der Waals surface area contributed by atoms with Crippen LogP contribution in [0.4, 0.5) is 5.95 Å². The van der Waals surface area contributed by atoms with Crippen LogP contribution in [0.5, 0.6) is 0 Å². The third-order valence-corrected chi connectivity index (χ3v) is 3.64. The molecule has 0 saturated carbocycles. The molecule has 0 radical (unpaired) electrons. The largest absolute Gasteiger partial charge is 0.451 e. The van der Waals surface area contributed by atoms with E-state index in [4.69, 9.17) is 4.74 Å². The number of nitrogens with zero attached hydrogens (tertiary/aromatic N) is 2. The SMILES string of the molecule is Cc1ccc(C(=O)NCC(=O)O[C@@H](C)C(=O)Nc2ncccn2)cc1C. The van der Waals surface area contributed by atoms with Crippen LogP contribution >= 0.6 is 0 Å². The summed E-state index contributed by atoms with van der Waals surface area (Å²) in [7, 11) is 0. The second kappa shape index (κ2) is 8.70. The Bertz CT molecular complexity index is 808. The zero-order chi connectivity index (χ0) is 19.1. The van der Waals surface area contributed by atoms with Gasteiger partial charge in [-0.25, -0.2) is 9.97 Å². The molecule has 0 saturated heterocycles. The maximum Gasteiger partial charge on any atom is 0.326 e. The van der Waals surface area contributed by atoms with Crippen LogP contribution in [0, 0.1) is 13.8 Å². The van der Waals surface area contributed by atoms with Crippen molar-refractivity contribution >= 4 is 23.7 Å². The molecule has 136 valence electrons. The monoisotopic (exact) mass is 356 g/mol. The van der Waals surface area contributed by atoms with Crippen molar-refractivity contribution in [1.82, 2.24) is 15.3 Å². The van der Waals surface area contributed by atoms with Gasteiger partial charge in [0.05, 0.1) is 0 Å². The quantitative estimate of drug-likeness (QED) is 0.757. The summed E-state index contributed by atoms with van der Waals surface area (Å²) in [5.74, 6) is -1.56. The Morgan fingerprint density at radius 1 is 1.12 bits per heavy atom. The van der Waals surface area contributed by atoms with Gasteiger partial charge >= 0.3 is 5.97 Å². The first-order chi connectivity index (χ1) is 12.4. The van der Waals surface area contributed by atoms with Crippen LogP contribution in [0.2, 0.25) is 0 Å². The molecule has 1 heterocycles. The van der Waals surface area contributed by atoms with Crippen molar-refractivity contribution in [2.75, 3.05) is 11.9 Å². The third kappa shape index (κ3) is 5.37. The zero-order valence-corrected chi connectivity index (χ0v) is 14.8. The van der Waals surface area contributed by atoms with Crippen LogP contribution in [0.15, 0.2) is 36.7 Å². The number of benzene rings is 1. The number of esters is 1. The van der Waals surface area contributed by atoms with E-state index in [1.54, 1.807) is 18.2 Å². The first kappa shape index (κ1) is 19.0. The van der Waals surface area contributed by atoms with Crippen LogP contribution in [-0.4, -0.2) is 40.4 Å². The van der Waals surface area contributed by atoms with E-state index in [1.807, 2.05) is 19.9 Å². The summed E-state index contributed by atoms with van der Waals surface area (Å²) in [5.41, 5.74) is 2.50. The molecule has 2 aromatic rings. The molecule has 26 heavy (non-hydrogen) atoms. The number of anilines is 1. The Kier molecular flexibility index (Phi) is 6.37. The number of aryl methyl sites for hydroxylation is 2. The standard InChI is InChI=1S/C18H20N4O4/c1-11-5-6-14(9-12(11)2)17(25)21-10-15(23)26-13(3)16(24)22-18-19-7-4-8-20-18/h4-9,13H,10H2,1-3H3,(H,21,25)(H,19,20,22,24)/t13-/m0/s1. The average Bonchev–Trinajstić information content (AvgIpc) is 2.62. The van der Waals surface area contributed by atoms with Gasteiger partial charge in [0, 0.05) is 18.0 Å². The number of hydrogen-bond acceptors (Lipinski definition) is 6. The number of carbonyl (C=O) groups is 3. The van der Waals surface area contributed by atoms with Gasteiger partial charge in [-0.1, -0.05) is 6.07 Å². The van der Waals surface area contributed by atoms with Crippen LogP contribution in [-0.2, 0) is 14.3 Å². The summed E-state index contributed by atoms with van der Waals surface area (Å²) >= 11 is 0. The van der Waals surface area contributed by atoms with E-state index in [1.165, 1.54) is 19.3 Å². The Balaban J connectivity index is 1.81. The average molecular weight is 356 g/mol. The number of carbonyl (C=O) groups excluding carboxylic acids is 3. The van der Waals surface area contributed by atoms with E-state index < -0.39 is 18.0 Å². The van der Waals surface area contributed by atoms with E-state index >= 15 is 0 Å². The van der Waals surface area contributed by atoms with Crippen molar-refractivity contribution in [3.63, 3.8) is 0 Å². The summed E-state index contributed by atoms with van der Waals surface area (Å²) in [6.45, 7) is 4.92. The number of nitrogens with one attached hydrogen (secondary N) is 2. The Morgan fingerprint density at radius 3 is 2.46 bits per heavy atom. The molecule has 0 bridgehead atoms. The topological polar surface area (TPSA) is 110 Å². The molecule has 2 rings (SSSR count). The highest BCUT2D eigenvalue weighted by Gasteiger charge is 2.19. The summed E-state index contributed by atoms with van der Waals surface area (Å²) in [5, 5.41) is 4.89. The zero-order valence-electron chi connectivity index (χ0n) is 14.8. The lowest BCUT2D eigenvalue weighted by Gasteiger charge is -2.13. The Hall–Kier alpha value is -3.29. The van der Waals surface area contributed by atoms with Gasteiger partial charge < -0.3 is 10.1 Å². The first-order valence-electron chi connectivity index (χ1n) is 7.99. The highest BCUT2D eigenvalue weighted by molar-refractivity contribution is 5.97. The minimum absolute atomic E-state index is 0.114. The van der Waals surface area contributed by atoms with Gasteiger partial charge in [-0.3, -0.25) is 19.7 Å². The van der Waals surface area contributed by atoms with Crippen molar-refractivity contribution in [1.29, 1.82) is 0 Å². The summed E-state index contributed by atoms with van der Waals surface area (Å²) in [6.07, 6.45) is 1.90. The van der Waals surface area contributed by atoms with Gasteiger partial charge in [0.15, 0.2) is 6.10 Å². The number of ether oxygens (including phenoxy) is 1. The van der Waals surface area contributed by atoms with Gasteiger partial charge in [0.2, 0.25) is 5.95 Å². The molecule has 8 nitrogen and oxygen atoms in total. The predicted octanol–water partition coefficient (Wildman–Crippen LogP) is 1.39. The van der Waals surface area contributed by atoms with Gasteiger partial charge in [-0.15, -0.1) is 0 Å². The van der Waals surface area contributed by atoms with Crippen molar-refractivity contribution < 1.29 is 19.1 Å². The molecule has 0 aliphatic carbocycles. The van der Waals surface area contributed by atoms with Crippen LogP contribution in [0.25, 0.3) is 0 Å². The van der Waals surface area contributed by atoms with E-state index in [9.17, 15) is 14.4 Å². The first-order valence-corrected chi connectivity index (χ1v) is 7.99. The number of aromatic nitrogens is 2. The number of hydrogen-bond donors (Lipinski definition) is 2. The molecule has 1 aromatic carbocycles. The molecule has 0 unspecified atom stereocenters. The highest BCUT2D eigenvalue weighted by atomic mass is 16.5. The fourth-order valence-corrected chi connectivity index (χ4v) is 2.00. The van der Waals surface area contributed by atoms with Crippen LogP contribution < -0.4 is 10.6 Å². The third-order valence-electron chi connectivity index (χ3n) is 3.64. The fraction of sp³-hybridized carbons (Fsp3) is 0.278. The smallest absolute Gasteiger partial charge is 0.326 e. The second-order valence-electron chi connectivity index (χ2n) is 5.68. The molecule has 0 fully saturated rings. The van der Waals surface area contributed by atoms with Crippen LogP contribution in [0.3, 0.4) is 0 Å². The Labute approximate surface area is 151 Å². The van der Waals surface area contributed by atoms with Gasteiger partial charge in [0.1, 0.15) is 6.54 Å². The van der Waals surface area contributed by atoms with Gasteiger partial charge in [0.25, 0.3) is 11.8 Å². The van der Waals surface area contributed by atoms with Gasteiger partial charge in [-0.05, 0) is 50.1 Å². The lowest BCUT2D eigenvalue weighted by atomic mass is 10.1. The highest BCUT2D eigenvalue weighted by Crippen LogP contribution is 2.09. The van der Waals surface area contributed by atoms with Crippen molar-refractivity contribution in [2.45, 2.75) is 26.9 Å². The van der Waals surface area contributed by atoms with E-state index in [0.717, 1.165) is 11.1 Å². The lowest BCUT2D eigenvalue weighted by molar-refractivity contribution is -0.152. The second-order valence-corrected chi connectivity index (χ2v) is 5.68. The minimum atomic E-state index is -1.05. The Morgan fingerprint density at radius 2 is 1.81 bits per heavy atom. The summed E-state index contributed by atoms with van der Waals surface area (Å²) in [6, 6.07) is 6.86. The van der Waals surface area contributed by atoms with Crippen molar-refractivity contribution in [3.8, 4) is 0 Å². The number of amides is 2. The molecule has 8 heteroatoms. The van der Waals surface area contributed by atoms with Crippen LogP contribution in [0.1, 0.15) is 28.4 Å². The molecular formula is C18H20N4O4. The molecule has 0 aliphatic rings. The summed E-state index contributed by atoms with van der Waals surface area (Å²) < 4.78 is 4.99. The maximum absolute atomic E-state index is 12.1. The van der Waals surface area contributed by atoms with E-state index in [0.29, 0.717) is 5.56 Å². The predicted molar refractivity (Wildman–Crippen MR) is 94.5 cm³/mol. The van der Waals surface area contributed by atoms with E-state index in [2.05, 4.69) is 20.6 Å². The van der Waals surface area contributed by atoms with Crippen molar-refractivity contribution in [3.05, 3.63) is 53.3 Å². The normalized spacial score (nSPS) is 11.3. The fourth-order valence-electron chi connectivity index (χ4n) is 2.00. The molecule has 1 atom stereocenters. The molecule has 0 spiro atoms. The summed E-state index contributed by atoms with van der Waals surface area (Å²) in [4.78, 5) is 43.5. The van der Waals surface area contributed by atoms with Crippen molar-refractivity contribution in [2.24, 2.45) is 0 Å². The molecule has 0 aliphatic heterocycles. The minimum Gasteiger partial charge on any atom is -0.451 e. The lowest BCUT2D eigenvalue weighted by Crippen LogP contribution is -2.36. The molecule has 1 aromatic heterocycles. The molecular weight excluding hydrogens is 336 g/mol. The number of rotatable bonds is 6. The van der Waals surface area contributed by atoms with Gasteiger partial charge in [-0.2, -0.15) is 0 Å². The molecule has 2 amide bonds. The molecule has 2 N–H and O–H groups in total. The van der Waals surface area contributed by atoms with E-state index in [-0.39, 0.29) is 18.4 Å².